The van der Waals surface area contributed by atoms with E-state index in [2.05, 4.69) is 0 Å². The van der Waals surface area contributed by atoms with Gasteiger partial charge in [0.05, 0.1) is 4.90 Å². The predicted molar refractivity (Wildman–Crippen MR) is 92.8 cm³/mol. The molecule has 0 radical (unpaired) electrons. The number of aliphatic hydroxyl groups is 1. The molecule has 0 aliphatic rings. The van der Waals surface area contributed by atoms with Crippen LogP contribution in [0.4, 0.5) is 0 Å². The van der Waals surface area contributed by atoms with E-state index in [1.54, 1.807) is 36.4 Å². The maximum Gasteiger partial charge on any atom is 0.238 e. The summed E-state index contributed by atoms with van der Waals surface area (Å²) in [6.07, 6.45) is 0. The van der Waals surface area contributed by atoms with E-state index in [1.807, 2.05) is 36.4 Å². The number of nitrogens with two attached hydrogens (primary N) is 1. The lowest BCUT2D eigenvalue weighted by atomic mass is 9.80. The van der Waals surface area contributed by atoms with Gasteiger partial charge in [0.2, 0.25) is 10.0 Å². The molecule has 3 aromatic carbocycles. The van der Waals surface area contributed by atoms with Crippen LogP contribution in [0.15, 0.2) is 89.8 Å². The van der Waals surface area contributed by atoms with Crippen molar-refractivity contribution in [3.63, 3.8) is 0 Å². The Morgan fingerprint density at radius 3 is 1.62 bits per heavy atom. The molecule has 3 N–H and O–H groups in total. The van der Waals surface area contributed by atoms with Gasteiger partial charge in [-0.3, -0.25) is 0 Å². The molecule has 3 rings (SSSR count). The highest BCUT2D eigenvalue weighted by molar-refractivity contribution is 7.89. The van der Waals surface area contributed by atoms with Gasteiger partial charge in [0.15, 0.2) is 0 Å². The summed E-state index contributed by atoms with van der Waals surface area (Å²) >= 11 is 0. The van der Waals surface area contributed by atoms with E-state index < -0.39 is 15.6 Å². The fourth-order valence-electron chi connectivity index (χ4n) is 2.76. The largest absolute Gasteiger partial charge is 0.376 e. The van der Waals surface area contributed by atoms with Crippen molar-refractivity contribution in [2.45, 2.75) is 10.5 Å². The summed E-state index contributed by atoms with van der Waals surface area (Å²) in [7, 11) is -3.86. The third-order valence-electron chi connectivity index (χ3n) is 3.96. The fourth-order valence-corrected chi connectivity index (χ4v) is 3.32. The molecule has 122 valence electrons. The summed E-state index contributed by atoms with van der Waals surface area (Å²) in [4.78, 5) is -0.0368. The number of hydrogen-bond donors (Lipinski definition) is 2. The first-order chi connectivity index (χ1) is 11.4. The van der Waals surface area contributed by atoms with Crippen molar-refractivity contribution in [3.05, 3.63) is 102 Å². The lowest BCUT2D eigenvalue weighted by molar-refractivity contribution is 0.125. The highest BCUT2D eigenvalue weighted by Gasteiger charge is 2.34. The second-order valence-corrected chi connectivity index (χ2v) is 7.08. The van der Waals surface area contributed by atoms with Crippen LogP contribution in [0.1, 0.15) is 16.7 Å². The van der Waals surface area contributed by atoms with Crippen LogP contribution in [0.3, 0.4) is 0 Å². The van der Waals surface area contributed by atoms with Crippen LogP contribution in [0.25, 0.3) is 0 Å². The molecule has 0 spiro atoms. The first-order valence-electron chi connectivity index (χ1n) is 7.39. The van der Waals surface area contributed by atoms with E-state index in [0.717, 1.165) is 0 Å². The highest BCUT2D eigenvalue weighted by Crippen LogP contribution is 2.37. The van der Waals surface area contributed by atoms with Crippen molar-refractivity contribution >= 4 is 10.0 Å². The summed E-state index contributed by atoms with van der Waals surface area (Å²) in [6.45, 7) is 0. The predicted octanol–water partition coefficient (Wildman–Crippen LogP) is 2.62. The van der Waals surface area contributed by atoms with Crippen LogP contribution in [-0.2, 0) is 15.6 Å². The van der Waals surface area contributed by atoms with Gasteiger partial charge in [0.1, 0.15) is 5.60 Å². The molecule has 0 heterocycles. The fraction of sp³-hybridized carbons (Fsp3) is 0.0526. The molecule has 0 unspecified atom stereocenters. The van der Waals surface area contributed by atoms with Crippen LogP contribution in [0.2, 0.25) is 0 Å². The number of hydrogen-bond acceptors (Lipinski definition) is 3. The van der Waals surface area contributed by atoms with Gasteiger partial charge in [0.25, 0.3) is 0 Å². The Labute approximate surface area is 141 Å². The maximum absolute atomic E-state index is 11.7. The minimum atomic E-state index is -3.86. The molecule has 5 heteroatoms. The van der Waals surface area contributed by atoms with Crippen LogP contribution in [0.5, 0.6) is 0 Å². The first-order valence-corrected chi connectivity index (χ1v) is 8.94. The molecular weight excluding hydrogens is 322 g/mol. The molecule has 0 aliphatic heterocycles. The molecule has 4 nitrogen and oxygen atoms in total. The second-order valence-electron chi connectivity index (χ2n) is 5.52. The van der Waals surface area contributed by atoms with Gasteiger partial charge < -0.3 is 5.11 Å². The minimum Gasteiger partial charge on any atom is -0.376 e. The summed E-state index contributed by atoms with van der Waals surface area (Å²) in [5.74, 6) is 0. The SMILES string of the molecule is NS(=O)(=O)c1cccc(C(O)(c2ccccc2)c2ccccc2)c1. The van der Waals surface area contributed by atoms with Crippen molar-refractivity contribution in [1.29, 1.82) is 0 Å². The Balaban J connectivity index is 2.28. The van der Waals surface area contributed by atoms with Gasteiger partial charge in [-0.2, -0.15) is 0 Å². The topological polar surface area (TPSA) is 80.4 Å². The Bertz CT molecular complexity index is 899. The van der Waals surface area contributed by atoms with Crippen molar-refractivity contribution in [1.82, 2.24) is 0 Å². The van der Waals surface area contributed by atoms with Crippen LogP contribution >= 0.6 is 0 Å². The van der Waals surface area contributed by atoms with E-state index in [1.165, 1.54) is 12.1 Å². The lowest BCUT2D eigenvalue weighted by Gasteiger charge is -2.30. The average Bonchev–Trinajstić information content (AvgIpc) is 2.62. The van der Waals surface area contributed by atoms with Gasteiger partial charge in [-0.25, -0.2) is 13.6 Å². The molecule has 3 aromatic rings. The molecular formula is C19H17NO3S. The van der Waals surface area contributed by atoms with E-state index in [4.69, 9.17) is 5.14 Å². The van der Waals surface area contributed by atoms with Gasteiger partial charge in [0, 0.05) is 0 Å². The van der Waals surface area contributed by atoms with E-state index in [-0.39, 0.29) is 4.90 Å². The Kier molecular flexibility index (Phi) is 4.24. The quantitative estimate of drug-likeness (QED) is 0.717. The second kappa shape index (κ2) is 6.20. The third-order valence-corrected chi connectivity index (χ3v) is 4.87. The summed E-state index contributed by atoms with van der Waals surface area (Å²) < 4.78 is 23.4. The molecule has 0 amide bonds. The van der Waals surface area contributed by atoms with Gasteiger partial charge in [-0.15, -0.1) is 0 Å². The minimum absolute atomic E-state index is 0.0368. The zero-order chi connectivity index (χ0) is 17.2. The van der Waals surface area contributed by atoms with E-state index in [0.29, 0.717) is 16.7 Å². The molecule has 0 saturated heterocycles. The molecule has 0 saturated carbocycles. The Morgan fingerprint density at radius 1 is 0.708 bits per heavy atom. The highest BCUT2D eigenvalue weighted by atomic mass is 32.2. The Morgan fingerprint density at radius 2 is 1.17 bits per heavy atom. The van der Waals surface area contributed by atoms with Crippen LogP contribution in [-0.4, -0.2) is 13.5 Å². The zero-order valence-electron chi connectivity index (χ0n) is 12.8. The summed E-state index contributed by atoms with van der Waals surface area (Å²) in [5, 5.41) is 16.8. The maximum atomic E-state index is 11.7. The normalized spacial score (nSPS) is 12.1. The standard InChI is InChI=1S/C19H17NO3S/c20-24(22,23)18-13-7-12-17(14-18)19(21,15-8-3-1-4-9-15)16-10-5-2-6-11-16/h1-14,21H,(H2,20,22,23). The van der Waals surface area contributed by atoms with Gasteiger partial charge in [-0.05, 0) is 28.8 Å². The third kappa shape index (κ3) is 2.97. The first kappa shape index (κ1) is 16.4. The number of rotatable bonds is 4. The molecule has 0 aliphatic carbocycles. The zero-order valence-corrected chi connectivity index (χ0v) is 13.6. The molecule has 0 atom stereocenters. The molecule has 24 heavy (non-hydrogen) atoms. The monoisotopic (exact) mass is 339 g/mol. The molecule has 0 aromatic heterocycles. The molecule has 0 fully saturated rings. The van der Waals surface area contributed by atoms with Crippen LogP contribution < -0.4 is 5.14 Å². The van der Waals surface area contributed by atoms with Crippen LogP contribution in [0, 0.1) is 0 Å². The molecule has 0 bridgehead atoms. The van der Waals surface area contributed by atoms with Gasteiger partial charge in [-0.1, -0.05) is 72.8 Å². The van der Waals surface area contributed by atoms with Crippen molar-refractivity contribution < 1.29 is 13.5 Å². The lowest BCUT2D eigenvalue weighted by Crippen LogP contribution is -2.29. The number of sulfonamides is 1. The van der Waals surface area contributed by atoms with Crippen molar-refractivity contribution in [3.8, 4) is 0 Å². The summed E-state index contributed by atoms with van der Waals surface area (Å²) in [6, 6.07) is 24.3. The Hall–Kier alpha value is -2.47. The number of primary sulfonamides is 1. The van der Waals surface area contributed by atoms with Crippen molar-refractivity contribution in [2.75, 3.05) is 0 Å². The smallest absolute Gasteiger partial charge is 0.238 e. The van der Waals surface area contributed by atoms with E-state index >= 15 is 0 Å². The average molecular weight is 339 g/mol. The summed E-state index contributed by atoms with van der Waals surface area (Å²) in [5.41, 5.74) is 0.236. The van der Waals surface area contributed by atoms with Gasteiger partial charge >= 0.3 is 0 Å². The van der Waals surface area contributed by atoms with Crippen molar-refractivity contribution in [2.24, 2.45) is 5.14 Å². The number of benzene rings is 3. The van der Waals surface area contributed by atoms with E-state index in [9.17, 15) is 13.5 Å².